The van der Waals surface area contributed by atoms with Crippen LogP contribution in [0.4, 0.5) is 0 Å². The zero-order valence-electron chi connectivity index (χ0n) is 13.3. The maximum absolute atomic E-state index is 9.49. The number of aromatic amines is 1. The van der Waals surface area contributed by atoms with Gasteiger partial charge in [0.2, 0.25) is 0 Å². The molecule has 4 nitrogen and oxygen atoms in total. The molecule has 1 aromatic heterocycles. The van der Waals surface area contributed by atoms with E-state index in [0.29, 0.717) is 11.4 Å². The van der Waals surface area contributed by atoms with E-state index in [9.17, 15) is 5.26 Å². The predicted molar refractivity (Wildman–Crippen MR) is 92.0 cm³/mol. The van der Waals surface area contributed by atoms with E-state index in [1.54, 1.807) is 7.11 Å². The van der Waals surface area contributed by atoms with Crippen molar-refractivity contribution in [3.8, 4) is 11.8 Å². The molecule has 3 aromatic rings. The van der Waals surface area contributed by atoms with E-state index in [1.807, 2.05) is 56.3 Å². The van der Waals surface area contributed by atoms with Crippen molar-refractivity contribution < 1.29 is 4.74 Å². The first-order valence-electron chi connectivity index (χ1n) is 7.34. The number of nitriles is 1. The lowest BCUT2D eigenvalue weighted by Gasteiger charge is -2.05. The first kappa shape index (κ1) is 14.9. The van der Waals surface area contributed by atoms with Gasteiger partial charge in [0.25, 0.3) is 0 Å². The number of imidazole rings is 1. The third kappa shape index (κ3) is 2.95. The normalized spacial score (nSPS) is 11.5. The van der Waals surface area contributed by atoms with E-state index in [-0.39, 0.29) is 0 Å². The van der Waals surface area contributed by atoms with Crippen LogP contribution in [-0.4, -0.2) is 17.1 Å². The van der Waals surface area contributed by atoms with Crippen molar-refractivity contribution >= 4 is 22.7 Å². The maximum atomic E-state index is 9.49. The van der Waals surface area contributed by atoms with Crippen LogP contribution in [0.3, 0.4) is 0 Å². The molecule has 0 spiro atoms. The van der Waals surface area contributed by atoms with Gasteiger partial charge in [0.15, 0.2) is 0 Å². The molecule has 23 heavy (non-hydrogen) atoms. The van der Waals surface area contributed by atoms with Crippen molar-refractivity contribution in [2.24, 2.45) is 0 Å². The lowest BCUT2D eigenvalue weighted by Crippen LogP contribution is -1.88. The van der Waals surface area contributed by atoms with Crippen LogP contribution in [-0.2, 0) is 0 Å². The molecule has 0 atom stereocenters. The van der Waals surface area contributed by atoms with E-state index >= 15 is 0 Å². The largest absolute Gasteiger partial charge is 0.496 e. The number of benzene rings is 2. The molecule has 114 valence electrons. The second-order valence-corrected chi connectivity index (χ2v) is 5.50. The molecule has 0 unspecified atom stereocenters. The SMILES string of the molecule is COc1ccc(/C=C(/C#N)c2nc3ccc(C)cc3[nH]2)cc1C. The van der Waals surface area contributed by atoms with Crippen LogP contribution in [0.25, 0.3) is 22.7 Å². The molecule has 0 radical (unpaired) electrons. The Bertz CT molecular complexity index is 945. The molecule has 0 aliphatic heterocycles. The maximum Gasteiger partial charge on any atom is 0.149 e. The van der Waals surface area contributed by atoms with Gasteiger partial charge >= 0.3 is 0 Å². The fraction of sp³-hybridized carbons (Fsp3) is 0.158. The summed E-state index contributed by atoms with van der Waals surface area (Å²) in [5.41, 5.74) is 5.42. The Balaban J connectivity index is 2.04. The lowest BCUT2D eigenvalue weighted by atomic mass is 10.1. The summed E-state index contributed by atoms with van der Waals surface area (Å²) in [5.74, 6) is 1.42. The average molecular weight is 303 g/mol. The zero-order chi connectivity index (χ0) is 16.4. The third-order valence-corrected chi connectivity index (χ3v) is 3.74. The van der Waals surface area contributed by atoms with Crippen molar-refractivity contribution in [2.75, 3.05) is 7.11 Å². The number of hydrogen-bond donors (Lipinski definition) is 1. The van der Waals surface area contributed by atoms with Crippen LogP contribution in [0.1, 0.15) is 22.5 Å². The Labute approximate surface area is 135 Å². The smallest absolute Gasteiger partial charge is 0.149 e. The van der Waals surface area contributed by atoms with Crippen molar-refractivity contribution in [1.82, 2.24) is 9.97 Å². The summed E-state index contributed by atoms with van der Waals surface area (Å²) >= 11 is 0. The van der Waals surface area contributed by atoms with Gasteiger partial charge in [-0.2, -0.15) is 5.26 Å². The lowest BCUT2D eigenvalue weighted by molar-refractivity contribution is 0.411. The van der Waals surface area contributed by atoms with Crippen LogP contribution in [0.15, 0.2) is 36.4 Å². The van der Waals surface area contributed by atoms with Crippen molar-refractivity contribution in [3.63, 3.8) is 0 Å². The molecule has 4 heteroatoms. The summed E-state index contributed by atoms with van der Waals surface area (Å²) in [7, 11) is 1.65. The Kier molecular flexibility index (Phi) is 3.86. The topological polar surface area (TPSA) is 61.7 Å². The molecule has 1 N–H and O–H groups in total. The predicted octanol–water partition coefficient (Wildman–Crippen LogP) is 4.25. The number of rotatable bonds is 3. The molecule has 0 amide bonds. The number of aryl methyl sites for hydroxylation is 2. The second-order valence-electron chi connectivity index (χ2n) is 5.50. The number of nitrogens with zero attached hydrogens (tertiary/aromatic N) is 2. The third-order valence-electron chi connectivity index (χ3n) is 3.74. The van der Waals surface area contributed by atoms with Gasteiger partial charge in [-0.3, -0.25) is 0 Å². The molecular weight excluding hydrogens is 286 g/mol. The fourth-order valence-electron chi connectivity index (χ4n) is 2.56. The first-order valence-corrected chi connectivity index (χ1v) is 7.34. The number of ether oxygens (including phenoxy) is 1. The summed E-state index contributed by atoms with van der Waals surface area (Å²) in [4.78, 5) is 7.72. The summed E-state index contributed by atoms with van der Waals surface area (Å²) in [6, 6.07) is 14.0. The number of hydrogen-bond acceptors (Lipinski definition) is 3. The number of aromatic nitrogens is 2. The first-order chi connectivity index (χ1) is 11.1. The fourth-order valence-corrected chi connectivity index (χ4v) is 2.56. The Hall–Kier alpha value is -3.06. The van der Waals surface area contributed by atoms with Crippen LogP contribution in [0, 0.1) is 25.2 Å². The summed E-state index contributed by atoms with van der Waals surface area (Å²) in [6.45, 7) is 4.01. The van der Waals surface area contributed by atoms with Crippen molar-refractivity contribution in [1.29, 1.82) is 5.26 Å². The second kappa shape index (κ2) is 5.98. The van der Waals surface area contributed by atoms with E-state index in [0.717, 1.165) is 33.5 Å². The monoisotopic (exact) mass is 303 g/mol. The van der Waals surface area contributed by atoms with Gasteiger partial charge in [-0.05, 0) is 60.9 Å². The molecule has 3 rings (SSSR count). The number of methoxy groups -OCH3 is 1. The van der Waals surface area contributed by atoms with E-state index in [1.165, 1.54) is 0 Å². The summed E-state index contributed by atoms with van der Waals surface area (Å²) < 4.78 is 5.26. The molecular formula is C19H17N3O. The van der Waals surface area contributed by atoms with Crippen molar-refractivity contribution in [3.05, 3.63) is 58.9 Å². The molecule has 0 fully saturated rings. The van der Waals surface area contributed by atoms with Gasteiger partial charge in [-0.25, -0.2) is 4.98 Å². The van der Waals surface area contributed by atoms with Gasteiger partial charge in [0.05, 0.1) is 23.7 Å². The zero-order valence-corrected chi connectivity index (χ0v) is 13.3. The summed E-state index contributed by atoms with van der Waals surface area (Å²) in [6.07, 6.45) is 1.83. The number of nitrogens with one attached hydrogen (secondary N) is 1. The minimum atomic E-state index is 0.503. The molecule has 0 saturated carbocycles. The van der Waals surface area contributed by atoms with Crippen LogP contribution >= 0.6 is 0 Å². The highest BCUT2D eigenvalue weighted by molar-refractivity contribution is 5.90. The highest BCUT2D eigenvalue weighted by Crippen LogP contribution is 2.23. The Morgan fingerprint density at radius 1 is 1.22 bits per heavy atom. The average Bonchev–Trinajstić information content (AvgIpc) is 2.95. The molecule has 0 aliphatic rings. The Morgan fingerprint density at radius 2 is 2.04 bits per heavy atom. The molecule has 2 aromatic carbocycles. The van der Waals surface area contributed by atoms with Gasteiger partial charge in [0, 0.05) is 0 Å². The number of fused-ring (bicyclic) bond motifs is 1. The van der Waals surface area contributed by atoms with Gasteiger partial charge in [-0.1, -0.05) is 12.1 Å². The molecule has 1 heterocycles. The summed E-state index contributed by atoms with van der Waals surface area (Å²) in [5, 5.41) is 9.49. The van der Waals surface area contributed by atoms with Gasteiger partial charge in [0.1, 0.15) is 17.6 Å². The quantitative estimate of drug-likeness (QED) is 0.736. The molecule has 0 bridgehead atoms. The van der Waals surface area contributed by atoms with Crippen molar-refractivity contribution in [2.45, 2.75) is 13.8 Å². The Morgan fingerprint density at radius 3 is 2.74 bits per heavy atom. The van der Waals surface area contributed by atoms with E-state index in [4.69, 9.17) is 4.74 Å². The number of H-pyrrole nitrogens is 1. The highest BCUT2D eigenvalue weighted by Gasteiger charge is 2.08. The highest BCUT2D eigenvalue weighted by atomic mass is 16.5. The van der Waals surface area contributed by atoms with E-state index < -0.39 is 0 Å². The van der Waals surface area contributed by atoms with Crippen LogP contribution in [0.2, 0.25) is 0 Å². The molecule has 0 saturated heterocycles. The van der Waals surface area contributed by atoms with Gasteiger partial charge in [-0.15, -0.1) is 0 Å². The van der Waals surface area contributed by atoms with E-state index in [2.05, 4.69) is 16.0 Å². The van der Waals surface area contributed by atoms with Gasteiger partial charge < -0.3 is 9.72 Å². The molecule has 0 aliphatic carbocycles. The van der Waals surface area contributed by atoms with Crippen LogP contribution < -0.4 is 4.74 Å². The van der Waals surface area contributed by atoms with Crippen LogP contribution in [0.5, 0.6) is 5.75 Å². The minimum absolute atomic E-state index is 0.503. The minimum Gasteiger partial charge on any atom is -0.496 e. The number of allylic oxidation sites excluding steroid dienone is 1. The standard InChI is InChI=1S/C19H17N3O/c1-12-4-6-16-17(8-12)22-19(21-16)15(11-20)10-14-5-7-18(23-3)13(2)9-14/h4-10H,1-3H3,(H,21,22)/b15-10-.